The second kappa shape index (κ2) is 9.70. The molecular formula is C17H26ClN3O4. The molecule has 1 aliphatic rings. The van der Waals surface area contributed by atoms with E-state index in [1.165, 1.54) is 0 Å². The second-order valence-corrected chi connectivity index (χ2v) is 6.42. The van der Waals surface area contributed by atoms with Crippen molar-refractivity contribution in [3.05, 3.63) is 39.9 Å². The highest BCUT2D eigenvalue weighted by molar-refractivity contribution is 5.85. The Kier molecular flexibility index (Phi) is 8.28. The molecule has 0 radical (unpaired) electrons. The van der Waals surface area contributed by atoms with Crippen molar-refractivity contribution in [2.24, 2.45) is 0 Å². The average molecular weight is 372 g/mol. The standard InChI is InChI=1S/C17H25N3O4.ClH/c1-13(15-7-3-4-8-16(15)20(23)24)19-10-5-6-14(9-11-19)18(2)12-17(21)22;/h3-4,7-8,13-14H,5-6,9-12H2,1-2H3,(H,21,22);1H. The lowest BCUT2D eigenvalue weighted by atomic mass is 10.0. The van der Waals surface area contributed by atoms with Gasteiger partial charge in [-0.05, 0) is 39.8 Å². The van der Waals surface area contributed by atoms with E-state index >= 15 is 0 Å². The fourth-order valence-corrected chi connectivity index (χ4v) is 3.48. The first-order valence-corrected chi connectivity index (χ1v) is 8.29. The number of nitro benzene ring substituents is 1. The maximum absolute atomic E-state index is 11.2. The Balaban J connectivity index is 0.00000312. The molecule has 2 rings (SSSR count). The van der Waals surface area contributed by atoms with Crippen molar-refractivity contribution in [3.8, 4) is 0 Å². The molecule has 1 heterocycles. The highest BCUT2D eigenvalue weighted by atomic mass is 35.5. The number of hydrogen-bond donors (Lipinski definition) is 1. The first-order chi connectivity index (χ1) is 11.4. The molecule has 7 nitrogen and oxygen atoms in total. The summed E-state index contributed by atoms with van der Waals surface area (Å²) in [4.78, 5) is 26.0. The lowest BCUT2D eigenvalue weighted by Gasteiger charge is -2.29. The van der Waals surface area contributed by atoms with Crippen LogP contribution in [0.2, 0.25) is 0 Å². The van der Waals surface area contributed by atoms with Crippen molar-refractivity contribution >= 4 is 24.1 Å². The Morgan fingerprint density at radius 2 is 2.08 bits per heavy atom. The minimum atomic E-state index is -0.813. The van der Waals surface area contributed by atoms with Gasteiger partial charge in [-0.25, -0.2) is 0 Å². The normalized spacial score (nSPS) is 19.7. The van der Waals surface area contributed by atoms with Crippen LogP contribution in [0.15, 0.2) is 24.3 Å². The predicted molar refractivity (Wildman–Crippen MR) is 98.2 cm³/mol. The number of aliphatic carboxylic acids is 1. The predicted octanol–water partition coefficient (Wildman–Crippen LogP) is 2.95. The molecule has 140 valence electrons. The zero-order valence-electron chi connectivity index (χ0n) is 14.6. The molecule has 1 saturated heterocycles. The molecule has 2 atom stereocenters. The number of para-hydroxylation sites is 1. The van der Waals surface area contributed by atoms with Crippen LogP contribution in [0.5, 0.6) is 0 Å². The third kappa shape index (κ3) is 5.66. The van der Waals surface area contributed by atoms with E-state index < -0.39 is 5.97 Å². The first-order valence-electron chi connectivity index (χ1n) is 8.29. The van der Waals surface area contributed by atoms with E-state index in [0.29, 0.717) is 0 Å². The molecule has 8 heteroatoms. The number of nitro groups is 1. The van der Waals surface area contributed by atoms with Crippen LogP contribution in [0.3, 0.4) is 0 Å². The molecule has 1 aromatic rings. The topological polar surface area (TPSA) is 86.9 Å². The third-order valence-corrected chi connectivity index (χ3v) is 4.87. The number of carboxylic acid groups (broad SMARTS) is 1. The van der Waals surface area contributed by atoms with Crippen LogP contribution in [-0.2, 0) is 4.79 Å². The van der Waals surface area contributed by atoms with Crippen molar-refractivity contribution in [1.82, 2.24) is 9.80 Å². The second-order valence-electron chi connectivity index (χ2n) is 6.42. The van der Waals surface area contributed by atoms with Gasteiger partial charge in [0.05, 0.1) is 11.5 Å². The van der Waals surface area contributed by atoms with Crippen LogP contribution in [0.4, 0.5) is 5.69 Å². The molecule has 1 N–H and O–H groups in total. The summed E-state index contributed by atoms with van der Waals surface area (Å²) in [6.07, 6.45) is 2.78. The van der Waals surface area contributed by atoms with Crippen LogP contribution < -0.4 is 0 Å². The number of nitrogens with zero attached hydrogens (tertiary/aromatic N) is 3. The molecule has 0 aliphatic carbocycles. The van der Waals surface area contributed by atoms with Crippen LogP contribution >= 0.6 is 12.4 Å². The Labute approximate surface area is 154 Å². The SMILES string of the molecule is CC(c1ccccc1[N+](=O)[O-])N1CCCC(N(C)CC(=O)O)CC1.Cl. The lowest BCUT2D eigenvalue weighted by Crippen LogP contribution is -2.36. The zero-order valence-corrected chi connectivity index (χ0v) is 15.4. The van der Waals surface area contributed by atoms with Crippen LogP contribution in [0.25, 0.3) is 0 Å². The van der Waals surface area contributed by atoms with Gasteiger partial charge in [-0.2, -0.15) is 0 Å². The number of hydrogen-bond acceptors (Lipinski definition) is 5. The number of likely N-dealkylation sites (N-methyl/N-ethyl adjacent to an activating group) is 1. The van der Waals surface area contributed by atoms with Crippen molar-refractivity contribution in [1.29, 1.82) is 0 Å². The number of carboxylic acids is 1. The fourth-order valence-electron chi connectivity index (χ4n) is 3.48. The molecule has 0 bridgehead atoms. The van der Waals surface area contributed by atoms with Gasteiger partial charge in [0.1, 0.15) is 0 Å². The summed E-state index contributed by atoms with van der Waals surface area (Å²) in [5.74, 6) is -0.813. The number of halogens is 1. The van der Waals surface area contributed by atoms with E-state index in [-0.39, 0.29) is 41.6 Å². The smallest absolute Gasteiger partial charge is 0.317 e. The maximum atomic E-state index is 11.2. The van der Waals surface area contributed by atoms with Gasteiger partial charge in [0, 0.05) is 30.3 Å². The third-order valence-electron chi connectivity index (χ3n) is 4.87. The van der Waals surface area contributed by atoms with E-state index in [9.17, 15) is 14.9 Å². The summed E-state index contributed by atoms with van der Waals surface area (Å²) in [5, 5.41) is 20.2. The van der Waals surface area contributed by atoms with Crippen LogP contribution in [-0.4, -0.2) is 58.5 Å². The van der Waals surface area contributed by atoms with Crippen LogP contribution in [0.1, 0.15) is 37.8 Å². The number of benzene rings is 1. The average Bonchev–Trinajstić information content (AvgIpc) is 2.79. The number of rotatable bonds is 6. The summed E-state index contributed by atoms with van der Waals surface area (Å²) in [7, 11) is 1.85. The van der Waals surface area contributed by atoms with Gasteiger partial charge in [-0.15, -0.1) is 12.4 Å². The Hall–Kier alpha value is -1.70. The molecular weight excluding hydrogens is 346 g/mol. The largest absolute Gasteiger partial charge is 0.480 e. The molecule has 0 saturated carbocycles. The van der Waals surface area contributed by atoms with E-state index in [2.05, 4.69) is 4.90 Å². The van der Waals surface area contributed by atoms with Crippen molar-refractivity contribution in [3.63, 3.8) is 0 Å². The summed E-state index contributed by atoms with van der Waals surface area (Å²) < 4.78 is 0. The summed E-state index contributed by atoms with van der Waals surface area (Å²) in [6.45, 7) is 3.72. The molecule has 25 heavy (non-hydrogen) atoms. The lowest BCUT2D eigenvalue weighted by molar-refractivity contribution is -0.386. The van der Waals surface area contributed by atoms with Crippen molar-refractivity contribution < 1.29 is 14.8 Å². The van der Waals surface area contributed by atoms with Gasteiger partial charge in [0.15, 0.2) is 0 Å². The van der Waals surface area contributed by atoms with Crippen molar-refractivity contribution in [2.45, 2.75) is 38.3 Å². The van der Waals surface area contributed by atoms with Gasteiger partial charge < -0.3 is 5.11 Å². The number of likely N-dealkylation sites (tertiary alicyclic amines) is 1. The Morgan fingerprint density at radius 1 is 1.40 bits per heavy atom. The zero-order chi connectivity index (χ0) is 17.7. The van der Waals surface area contributed by atoms with E-state index in [0.717, 1.165) is 37.9 Å². The molecule has 2 unspecified atom stereocenters. The minimum absolute atomic E-state index is 0. The molecule has 0 spiro atoms. The van der Waals surface area contributed by atoms with E-state index in [4.69, 9.17) is 5.11 Å². The molecule has 1 aliphatic heterocycles. The van der Waals surface area contributed by atoms with Crippen molar-refractivity contribution in [2.75, 3.05) is 26.7 Å². The molecule has 0 amide bonds. The van der Waals surface area contributed by atoms with Gasteiger partial charge in [-0.3, -0.25) is 24.7 Å². The molecule has 1 fully saturated rings. The highest BCUT2D eigenvalue weighted by Gasteiger charge is 2.27. The molecule has 0 aromatic heterocycles. The van der Waals surface area contributed by atoms with Gasteiger partial charge in [0.25, 0.3) is 5.69 Å². The van der Waals surface area contributed by atoms with Gasteiger partial charge in [-0.1, -0.05) is 18.2 Å². The summed E-state index contributed by atoms with van der Waals surface area (Å²) in [6, 6.07) is 7.10. The first kappa shape index (κ1) is 21.3. The van der Waals surface area contributed by atoms with Gasteiger partial charge >= 0.3 is 5.97 Å². The summed E-state index contributed by atoms with van der Waals surface area (Å²) in [5.41, 5.74) is 0.897. The van der Waals surface area contributed by atoms with Crippen LogP contribution in [0, 0.1) is 10.1 Å². The Morgan fingerprint density at radius 3 is 2.72 bits per heavy atom. The fraction of sp³-hybridized carbons (Fsp3) is 0.588. The number of carbonyl (C=O) groups is 1. The molecule has 1 aromatic carbocycles. The Bertz CT molecular complexity index is 599. The van der Waals surface area contributed by atoms with Gasteiger partial charge in [0.2, 0.25) is 0 Å². The summed E-state index contributed by atoms with van der Waals surface area (Å²) >= 11 is 0. The quantitative estimate of drug-likeness (QED) is 0.611. The monoisotopic (exact) mass is 371 g/mol. The van der Waals surface area contributed by atoms with E-state index in [1.54, 1.807) is 12.1 Å². The minimum Gasteiger partial charge on any atom is -0.480 e. The highest BCUT2D eigenvalue weighted by Crippen LogP contribution is 2.30. The van der Waals surface area contributed by atoms with E-state index in [1.807, 2.05) is 31.0 Å². The maximum Gasteiger partial charge on any atom is 0.317 e.